The molecule has 6 aromatic rings. The molecule has 252 valence electrons. The van der Waals surface area contributed by atoms with Gasteiger partial charge in [-0.1, -0.05) is 0 Å². The van der Waals surface area contributed by atoms with E-state index in [0.29, 0.717) is 17.2 Å². The first kappa shape index (κ1) is 34.1. The number of aryl methyl sites for hydroxylation is 1. The maximum atomic E-state index is 12.8. The molecular formula is C34H32N12O4. The van der Waals surface area contributed by atoms with Gasteiger partial charge >= 0.3 is 0 Å². The molecule has 0 aliphatic heterocycles. The highest BCUT2D eigenvalue weighted by Crippen LogP contribution is 2.24. The summed E-state index contributed by atoms with van der Waals surface area (Å²) in [7, 11) is 3.20. The van der Waals surface area contributed by atoms with Gasteiger partial charge in [-0.15, -0.1) is 0 Å². The largest absolute Gasteiger partial charge is 0.497 e. The number of carbonyl (C=O) groups is 2. The van der Waals surface area contributed by atoms with E-state index in [1.807, 2.05) is 61.5 Å². The van der Waals surface area contributed by atoms with Gasteiger partial charge in [-0.25, -0.2) is 29.9 Å². The zero-order chi connectivity index (χ0) is 35.3. The number of aromatic nitrogens is 7. The highest BCUT2D eigenvalue weighted by atomic mass is 16.5. The number of nitrogens with zero attached hydrogens (tertiary/aromatic N) is 7. The molecule has 4 heterocycles. The number of benzene rings is 2. The van der Waals surface area contributed by atoms with Gasteiger partial charge in [0.2, 0.25) is 11.9 Å². The van der Waals surface area contributed by atoms with E-state index in [0.717, 1.165) is 28.6 Å². The quantitative estimate of drug-likeness (QED) is 0.129. The Labute approximate surface area is 286 Å². The van der Waals surface area contributed by atoms with Crippen molar-refractivity contribution < 1.29 is 19.1 Å². The summed E-state index contributed by atoms with van der Waals surface area (Å²) < 4.78 is 10.3. The molecule has 2 aromatic carbocycles. The Morgan fingerprint density at radius 2 is 1.24 bits per heavy atom. The minimum absolute atomic E-state index is 0.0691. The molecule has 6 rings (SSSR count). The van der Waals surface area contributed by atoms with Crippen LogP contribution in [-0.4, -0.2) is 60.9 Å². The van der Waals surface area contributed by atoms with E-state index in [1.54, 1.807) is 26.5 Å². The average Bonchev–Trinajstić information content (AvgIpc) is 3.14. The van der Waals surface area contributed by atoms with E-state index in [-0.39, 0.29) is 29.2 Å². The van der Waals surface area contributed by atoms with Crippen LogP contribution < -0.4 is 36.5 Å². The second kappa shape index (κ2) is 16.6. The zero-order valence-corrected chi connectivity index (χ0v) is 27.2. The average molecular weight is 673 g/mol. The molecule has 0 unspecified atom stereocenters. The first-order valence-corrected chi connectivity index (χ1v) is 14.9. The van der Waals surface area contributed by atoms with Crippen molar-refractivity contribution in [1.29, 1.82) is 0 Å². The number of anilines is 7. The molecule has 0 aliphatic carbocycles. The minimum Gasteiger partial charge on any atom is -0.497 e. The number of ether oxygens (including phenoxy) is 2. The molecule has 16 nitrogen and oxygen atoms in total. The molecule has 0 saturated carbocycles. The van der Waals surface area contributed by atoms with Crippen molar-refractivity contribution >= 4 is 52.3 Å². The number of nitrogens with two attached hydrogens (primary N) is 1. The second-order valence-corrected chi connectivity index (χ2v) is 10.2. The van der Waals surface area contributed by atoms with Crippen LogP contribution in [0.4, 0.5) is 40.5 Å². The van der Waals surface area contributed by atoms with Crippen molar-refractivity contribution in [3.8, 4) is 11.5 Å². The molecule has 0 radical (unpaired) electrons. The van der Waals surface area contributed by atoms with E-state index in [4.69, 9.17) is 15.2 Å². The highest BCUT2D eigenvalue weighted by Gasteiger charge is 2.14. The minimum atomic E-state index is -0.428. The number of hydrogen-bond acceptors (Lipinski definition) is 14. The molecule has 2 amide bonds. The predicted octanol–water partition coefficient (Wildman–Crippen LogP) is 5.04. The van der Waals surface area contributed by atoms with E-state index < -0.39 is 5.91 Å². The van der Waals surface area contributed by atoms with Crippen molar-refractivity contribution in [3.63, 3.8) is 0 Å². The van der Waals surface area contributed by atoms with Crippen LogP contribution in [0.5, 0.6) is 11.5 Å². The fraction of sp³-hybridized carbons (Fsp3) is 0.0882. The fourth-order valence-corrected chi connectivity index (χ4v) is 4.10. The molecule has 0 aliphatic rings. The number of rotatable bonds is 10. The number of hydrogen-bond donors (Lipinski definition) is 5. The van der Waals surface area contributed by atoms with Crippen LogP contribution in [0.2, 0.25) is 0 Å². The number of pyridine rings is 1. The van der Waals surface area contributed by atoms with E-state index >= 15 is 0 Å². The maximum Gasteiger partial charge on any atom is 0.274 e. The van der Waals surface area contributed by atoms with Crippen molar-refractivity contribution in [3.05, 3.63) is 121 Å². The Hall–Kier alpha value is -7.23. The Morgan fingerprint density at radius 3 is 1.86 bits per heavy atom. The topological polar surface area (TPSA) is 217 Å². The summed E-state index contributed by atoms with van der Waals surface area (Å²) in [5.41, 5.74) is 9.23. The van der Waals surface area contributed by atoms with Crippen molar-refractivity contribution in [2.24, 2.45) is 0 Å². The van der Waals surface area contributed by atoms with Crippen LogP contribution in [0.15, 0.2) is 104 Å². The van der Waals surface area contributed by atoms with Gasteiger partial charge < -0.3 is 36.5 Å². The summed E-state index contributed by atoms with van der Waals surface area (Å²) in [6.45, 7) is 1.87. The Kier molecular flexibility index (Phi) is 11.3. The SMILES string of the molecule is COc1ccc(Nc2nccc(C(=O)Nc3cncnc3Nc3ccc(OC)cc3)n2)cc1.Cc1ccc(NC(=O)c2ccnc(N)n2)cn1. The lowest BCUT2D eigenvalue weighted by atomic mass is 10.3. The monoisotopic (exact) mass is 672 g/mol. The zero-order valence-electron chi connectivity index (χ0n) is 27.2. The number of carbonyl (C=O) groups excluding carboxylic acids is 2. The summed E-state index contributed by atoms with van der Waals surface area (Å²) in [6, 6.07) is 21.2. The van der Waals surface area contributed by atoms with Crippen molar-refractivity contribution in [2.45, 2.75) is 6.92 Å². The fourth-order valence-electron chi connectivity index (χ4n) is 4.10. The van der Waals surface area contributed by atoms with E-state index in [9.17, 15) is 9.59 Å². The lowest BCUT2D eigenvalue weighted by molar-refractivity contribution is 0.101. The Bertz CT molecular complexity index is 2040. The molecule has 0 atom stereocenters. The third-order valence-corrected chi connectivity index (χ3v) is 6.62. The van der Waals surface area contributed by atoms with Gasteiger partial charge in [-0.05, 0) is 79.7 Å². The molecule has 50 heavy (non-hydrogen) atoms. The molecule has 0 spiro atoms. The third-order valence-electron chi connectivity index (χ3n) is 6.62. The van der Waals surface area contributed by atoms with Crippen LogP contribution in [0.1, 0.15) is 26.7 Å². The smallest absolute Gasteiger partial charge is 0.274 e. The number of nitrogens with one attached hydrogen (secondary N) is 4. The summed E-state index contributed by atoms with van der Waals surface area (Å²) in [4.78, 5) is 52.9. The lowest BCUT2D eigenvalue weighted by Crippen LogP contribution is -2.16. The van der Waals surface area contributed by atoms with Crippen LogP contribution in [-0.2, 0) is 0 Å². The molecular weight excluding hydrogens is 640 g/mol. The Balaban J connectivity index is 0.000000240. The Morgan fingerprint density at radius 1 is 0.640 bits per heavy atom. The van der Waals surface area contributed by atoms with Gasteiger partial charge in [0.15, 0.2) is 5.82 Å². The van der Waals surface area contributed by atoms with Crippen LogP contribution in [0.3, 0.4) is 0 Å². The molecule has 0 saturated heterocycles. The number of nitrogen functional groups attached to an aromatic ring is 1. The van der Waals surface area contributed by atoms with Crippen LogP contribution >= 0.6 is 0 Å². The standard InChI is InChI=1S/C23H21N7O3.C11H11N5O/c1-32-17-7-3-15(4-8-17)27-21-20(13-24-14-26-21)29-22(31)19-11-12-25-23(30-19)28-16-5-9-18(33-2)10-6-16;1-7-2-3-8(6-14-7)15-10(17)9-4-5-13-11(12)16-9/h3-14H,1-2H3,(H,29,31)(H,24,26,27)(H,25,28,30);2-6H,1H3,(H,15,17)(H2,12,13,16). The van der Waals surface area contributed by atoms with Crippen LogP contribution in [0.25, 0.3) is 0 Å². The van der Waals surface area contributed by atoms with Crippen LogP contribution in [0, 0.1) is 6.92 Å². The summed E-state index contributed by atoms with van der Waals surface area (Å²) in [6.07, 6.45) is 7.42. The number of methoxy groups -OCH3 is 2. The second-order valence-electron chi connectivity index (χ2n) is 10.2. The maximum absolute atomic E-state index is 12.8. The molecule has 0 fully saturated rings. The summed E-state index contributed by atoms with van der Waals surface area (Å²) in [5, 5.41) is 11.7. The van der Waals surface area contributed by atoms with Crippen molar-refractivity contribution in [2.75, 3.05) is 41.2 Å². The first-order chi connectivity index (χ1) is 24.3. The normalized spacial score (nSPS) is 10.1. The molecule has 0 bridgehead atoms. The third kappa shape index (κ3) is 9.64. The van der Waals surface area contributed by atoms with Gasteiger partial charge in [0.05, 0.1) is 32.3 Å². The predicted molar refractivity (Wildman–Crippen MR) is 188 cm³/mol. The molecule has 4 aromatic heterocycles. The lowest BCUT2D eigenvalue weighted by Gasteiger charge is -2.12. The van der Waals surface area contributed by atoms with Gasteiger partial charge in [0.25, 0.3) is 11.8 Å². The van der Waals surface area contributed by atoms with E-state index in [1.165, 1.54) is 37.1 Å². The molecule has 16 heteroatoms. The number of amides is 2. The van der Waals surface area contributed by atoms with E-state index in [2.05, 4.69) is 56.2 Å². The summed E-state index contributed by atoms with van der Waals surface area (Å²) >= 11 is 0. The van der Waals surface area contributed by atoms with Crippen molar-refractivity contribution in [1.82, 2.24) is 34.9 Å². The first-order valence-electron chi connectivity index (χ1n) is 14.9. The van der Waals surface area contributed by atoms with Gasteiger partial charge in [-0.3, -0.25) is 14.6 Å². The van der Waals surface area contributed by atoms with Gasteiger partial charge in [0.1, 0.15) is 34.9 Å². The van der Waals surface area contributed by atoms with Gasteiger partial charge in [0, 0.05) is 29.5 Å². The van der Waals surface area contributed by atoms with Gasteiger partial charge in [-0.2, -0.15) is 0 Å². The highest BCUT2D eigenvalue weighted by molar-refractivity contribution is 6.04. The molecule has 6 N–H and O–H groups in total. The summed E-state index contributed by atoms with van der Waals surface area (Å²) in [5.74, 6) is 1.49.